The summed E-state index contributed by atoms with van der Waals surface area (Å²) in [6.07, 6.45) is -0.653. The van der Waals surface area contributed by atoms with Crippen molar-refractivity contribution in [1.82, 2.24) is 9.55 Å². The first-order valence-corrected chi connectivity index (χ1v) is 6.28. The number of aromatic amines is 1. The summed E-state index contributed by atoms with van der Waals surface area (Å²) in [5.74, 6) is 0. The van der Waals surface area contributed by atoms with E-state index >= 15 is 0 Å². The van der Waals surface area contributed by atoms with Crippen LogP contribution in [-0.2, 0) is 6.18 Å². The third kappa shape index (κ3) is 2.05. The molecule has 19 heavy (non-hydrogen) atoms. The Kier molecular flexibility index (Phi) is 2.69. The molecule has 102 valence electrons. The molecular weight excluding hydrogens is 257 g/mol. The Hall–Kier alpha value is -1.72. The number of fused-ring (bicyclic) bond motifs is 1. The minimum atomic E-state index is -4.39. The van der Waals surface area contributed by atoms with Crippen molar-refractivity contribution in [2.24, 2.45) is 0 Å². The van der Waals surface area contributed by atoms with Crippen LogP contribution >= 0.6 is 0 Å². The molecule has 0 aliphatic heterocycles. The number of rotatable bonds is 1. The van der Waals surface area contributed by atoms with Gasteiger partial charge in [0, 0.05) is 6.04 Å². The largest absolute Gasteiger partial charge is 0.416 e. The molecule has 0 atom stereocenters. The highest BCUT2D eigenvalue weighted by atomic mass is 19.4. The Balaban J connectivity index is 2.20. The number of hydrogen-bond donors (Lipinski definition) is 1. The molecule has 0 unspecified atom stereocenters. The van der Waals surface area contributed by atoms with E-state index in [1.807, 2.05) is 0 Å². The fourth-order valence-electron chi connectivity index (χ4n) is 2.82. The van der Waals surface area contributed by atoms with Gasteiger partial charge in [0.25, 0.3) is 0 Å². The molecule has 2 aromatic rings. The number of halogens is 3. The summed E-state index contributed by atoms with van der Waals surface area (Å²) in [6, 6.07) is 3.40. The van der Waals surface area contributed by atoms with Gasteiger partial charge < -0.3 is 4.98 Å². The van der Waals surface area contributed by atoms with Gasteiger partial charge in [-0.1, -0.05) is 12.8 Å². The molecule has 1 aromatic carbocycles. The number of benzene rings is 1. The summed E-state index contributed by atoms with van der Waals surface area (Å²) in [4.78, 5) is 14.5. The fraction of sp³-hybridized carbons (Fsp3) is 0.462. The van der Waals surface area contributed by atoms with Gasteiger partial charge >= 0.3 is 11.9 Å². The van der Waals surface area contributed by atoms with Crippen LogP contribution in [0.15, 0.2) is 23.0 Å². The Morgan fingerprint density at radius 1 is 1.21 bits per heavy atom. The van der Waals surface area contributed by atoms with Gasteiger partial charge in [-0.2, -0.15) is 13.2 Å². The van der Waals surface area contributed by atoms with Gasteiger partial charge in [-0.3, -0.25) is 4.57 Å². The van der Waals surface area contributed by atoms with E-state index in [4.69, 9.17) is 0 Å². The maximum absolute atomic E-state index is 12.7. The zero-order chi connectivity index (χ0) is 13.6. The molecule has 3 rings (SSSR count). The lowest BCUT2D eigenvalue weighted by atomic mass is 10.1. The van der Waals surface area contributed by atoms with Crippen LogP contribution in [0.2, 0.25) is 0 Å². The minimum Gasteiger partial charge on any atom is -0.306 e. The molecule has 0 spiro atoms. The topological polar surface area (TPSA) is 37.8 Å². The van der Waals surface area contributed by atoms with Crippen molar-refractivity contribution in [3.8, 4) is 0 Å². The summed E-state index contributed by atoms with van der Waals surface area (Å²) in [7, 11) is 0. The van der Waals surface area contributed by atoms with Crippen molar-refractivity contribution in [2.75, 3.05) is 0 Å². The average Bonchev–Trinajstić information content (AvgIpc) is 2.92. The van der Waals surface area contributed by atoms with E-state index in [1.54, 1.807) is 0 Å². The second-order valence-corrected chi connectivity index (χ2v) is 4.97. The van der Waals surface area contributed by atoms with Gasteiger partial charge in [-0.05, 0) is 31.0 Å². The lowest BCUT2D eigenvalue weighted by Gasteiger charge is -2.12. The smallest absolute Gasteiger partial charge is 0.306 e. The van der Waals surface area contributed by atoms with Crippen LogP contribution in [0.5, 0.6) is 0 Å². The van der Waals surface area contributed by atoms with E-state index in [0.717, 1.165) is 37.8 Å². The average molecular weight is 270 g/mol. The van der Waals surface area contributed by atoms with Crippen molar-refractivity contribution in [1.29, 1.82) is 0 Å². The molecule has 1 fully saturated rings. The lowest BCUT2D eigenvalue weighted by Crippen LogP contribution is -2.20. The monoisotopic (exact) mass is 270 g/mol. The van der Waals surface area contributed by atoms with Crippen LogP contribution in [0.4, 0.5) is 13.2 Å². The second kappa shape index (κ2) is 4.15. The van der Waals surface area contributed by atoms with Crippen LogP contribution in [0.1, 0.15) is 37.3 Å². The quantitative estimate of drug-likeness (QED) is 0.846. The minimum absolute atomic E-state index is 0.0183. The Bertz CT molecular complexity index is 663. The third-order valence-corrected chi connectivity index (χ3v) is 3.73. The van der Waals surface area contributed by atoms with Gasteiger partial charge in [-0.25, -0.2) is 4.79 Å². The van der Waals surface area contributed by atoms with Crippen LogP contribution in [0.25, 0.3) is 11.0 Å². The summed E-state index contributed by atoms with van der Waals surface area (Å²) >= 11 is 0. The first-order valence-electron chi connectivity index (χ1n) is 6.28. The van der Waals surface area contributed by atoms with Crippen molar-refractivity contribution in [2.45, 2.75) is 37.9 Å². The number of nitrogens with one attached hydrogen (secondary N) is 1. The van der Waals surface area contributed by atoms with Gasteiger partial charge in [0.1, 0.15) is 0 Å². The van der Waals surface area contributed by atoms with E-state index in [1.165, 1.54) is 10.6 Å². The zero-order valence-corrected chi connectivity index (χ0v) is 10.1. The van der Waals surface area contributed by atoms with Crippen LogP contribution in [0, 0.1) is 0 Å². The first kappa shape index (κ1) is 12.3. The summed E-state index contributed by atoms with van der Waals surface area (Å²) in [5, 5.41) is 0. The Labute approximate surface area is 107 Å². The molecule has 0 bridgehead atoms. The highest BCUT2D eigenvalue weighted by molar-refractivity contribution is 5.76. The fourth-order valence-corrected chi connectivity index (χ4v) is 2.82. The number of nitrogens with zero attached hydrogens (tertiary/aromatic N) is 1. The molecule has 1 N–H and O–H groups in total. The summed E-state index contributed by atoms with van der Waals surface area (Å²) in [5.41, 5.74) is -0.219. The highest BCUT2D eigenvalue weighted by Crippen LogP contribution is 2.34. The molecule has 3 nitrogen and oxygen atoms in total. The van der Waals surface area contributed by atoms with E-state index in [2.05, 4.69) is 4.98 Å². The number of aromatic nitrogens is 2. The zero-order valence-electron chi connectivity index (χ0n) is 10.1. The molecule has 1 aliphatic carbocycles. The molecule has 6 heteroatoms. The van der Waals surface area contributed by atoms with Crippen LogP contribution in [0.3, 0.4) is 0 Å². The van der Waals surface area contributed by atoms with Gasteiger partial charge in [0.05, 0.1) is 16.6 Å². The molecule has 0 saturated heterocycles. The molecular formula is C13H13F3N2O. The molecule has 1 aliphatic rings. The number of alkyl halides is 3. The SMILES string of the molecule is O=c1[nH]c2ccc(C(F)(F)F)cc2n1C1CCCC1. The van der Waals surface area contributed by atoms with Crippen molar-refractivity contribution in [3.05, 3.63) is 34.2 Å². The van der Waals surface area contributed by atoms with Crippen molar-refractivity contribution < 1.29 is 13.2 Å². The molecule has 1 heterocycles. The summed E-state index contributed by atoms with van der Waals surface area (Å²) < 4.78 is 39.7. The van der Waals surface area contributed by atoms with Gasteiger partial charge in [-0.15, -0.1) is 0 Å². The van der Waals surface area contributed by atoms with E-state index in [0.29, 0.717) is 11.0 Å². The Morgan fingerprint density at radius 2 is 1.89 bits per heavy atom. The first-order chi connectivity index (χ1) is 8.97. The second-order valence-electron chi connectivity index (χ2n) is 4.97. The normalized spacial score (nSPS) is 17.4. The number of H-pyrrole nitrogens is 1. The van der Waals surface area contributed by atoms with Gasteiger partial charge in [0.2, 0.25) is 0 Å². The number of hydrogen-bond acceptors (Lipinski definition) is 1. The highest BCUT2D eigenvalue weighted by Gasteiger charge is 2.31. The summed E-state index contributed by atoms with van der Waals surface area (Å²) in [6.45, 7) is 0. The van der Waals surface area contributed by atoms with Crippen molar-refractivity contribution >= 4 is 11.0 Å². The molecule has 0 amide bonds. The predicted octanol–water partition coefficient (Wildman–Crippen LogP) is 3.46. The Morgan fingerprint density at radius 3 is 2.53 bits per heavy atom. The lowest BCUT2D eigenvalue weighted by molar-refractivity contribution is -0.137. The van der Waals surface area contributed by atoms with E-state index in [9.17, 15) is 18.0 Å². The van der Waals surface area contributed by atoms with E-state index in [-0.39, 0.29) is 11.7 Å². The number of imidazole rings is 1. The van der Waals surface area contributed by atoms with Crippen molar-refractivity contribution in [3.63, 3.8) is 0 Å². The third-order valence-electron chi connectivity index (χ3n) is 3.73. The molecule has 1 saturated carbocycles. The van der Waals surface area contributed by atoms with E-state index < -0.39 is 11.7 Å². The molecule has 0 radical (unpaired) electrons. The standard InChI is InChI=1S/C13H13F3N2O/c14-13(15,16)8-5-6-10-11(7-8)18(12(19)17-10)9-3-1-2-4-9/h5-7,9H,1-4H2,(H,17,19). The maximum atomic E-state index is 12.7. The maximum Gasteiger partial charge on any atom is 0.416 e. The molecule has 1 aromatic heterocycles. The van der Waals surface area contributed by atoms with Crippen LogP contribution < -0.4 is 5.69 Å². The van der Waals surface area contributed by atoms with Crippen LogP contribution in [-0.4, -0.2) is 9.55 Å². The predicted molar refractivity (Wildman–Crippen MR) is 65.1 cm³/mol. The van der Waals surface area contributed by atoms with Gasteiger partial charge in [0.15, 0.2) is 0 Å².